The van der Waals surface area contributed by atoms with Crippen molar-refractivity contribution in [3.63, 3.8) is 0 Å². The van der Waals surface area contributed by atoms with Crippen LogP contribution in [0.25, 0.3) is 0 Å². The van der Waals surface area contributed by atoms with E-state index in [0.717, 1.165) is 0 Å². The van der Waals surface area contributed by atoms with Crippen LogP contribution in [-0.4, -0.2) is 17.6 Å². The van der Waals surface area contributed by atoms with Gasteiger partial charge in [-0.2, -0.15) is 0 Å². The third kappa shape index (κ3) is 3.48. The second kappa shape index (κ2) is 4.66. The van der Waals surface area contributed by atoms with E-state index < -0.39 is 22.5 Å². The Bertz CT molecular complexity index is 217. The molecule has 3 N–H and O–H groups in total. The fourth-order valence-electron chi connectivity index (χ4n) is 0.818. The maximum atomic E-state index is 10.7. The smallest absolute Gasteiger partial charge is 0.330 e. The first-order valence-electron chi connectivity index (χ1n) is 3.62. The summed E-state index contributed by atoms with van der Waals surface area (Å²) in [4.78, 5) is 0. The third-order valence-corrected chi connectivity index (χ3v) is 3.65. The quantitative estimate of drug-likeness (QED) is 0.668. The van der Waals surface area contributed by atoms with E-state index in [1.54, 1.807) is 0 Å². The summed E-state index contributed by atoms with van der Waals surface area (Å²) >= 11 is 0. The van der Waals surface area contributed by atoms with Crippen LogP contribution in [-0.2, 0) is 22.5 Å². The highest BCUT2D eigenvalue weighted by Crippen LogP contribution is 2.51. The summed E-state index contributed by atoms with van der Waals surface area (Å²) in [5.41, 5.74) is 5.18. The SMILES string of the molecule is NCCCC1(O)O[PH](=O)O[PH](=O)O1. The molecule has 1 fully saturated rings. The zero-order valence-corrected chi connectivity index (χ0v) is 8.69. The summed E-state index contributed by atoms with van der Waals surface area (Å²) in [7, 11) is -5.82. The molecule has 1 saturated heterocycles. The van der Waals surface area contributed by atoms with Crippen LogP contribution in [0.5, 0.6) is 0 Å². The highest BCUT2D eigenvalue weighted by Gasteiger charge is 2.38. The highest BCUT2D eigenvalue weighted by atomic mass is 31.2. The van der Waals surface area contributed by atoms with Crippen LogP contribution in [0, 0.1) is 0 Å². The summed E-state index contributed by atoms with van der Waals surface area (Å²) in [6.45, 7) is 0.317. The van der Waals surface area contributed by atoms with Gasteiger partial charge in [-0.3, -0.25) is 18.2 Å². The molecule has 9 heteroatoms. The molecule has 2 unspecified atom stereocenters. The van der Waals surface area contributed by atoms with Crippen molar-refractivity contribution >= 4 is 16.5 Å². The van der Waals surface area contributed by atoms with Gasteiger partial charge < -0.3 is 10.8 Å². The zero-order valence-electron chi connectivity index (χ0n) is 6.69. The molecule has 0 aromatic rings. The van der Waals surface area contributed by atoms with Gasteiger partial charge in [0.05, 0.1) is 0 Å². The van der Waals surface area contributed by atoms with Gasteiger partial charge in [0.1, 0.15) is 0 Å². The fourth-order valence-corrected chi connectivity index (χ4v) is 2.59. The van der Waals surface area contributed by atoms with Gasteiger partial charge in [-0.05, 0) is 13.0 Å². The molecule has 1 rings (SSSR count). The summed E-state index contributed by atoms with van der Waals surface area (Å²) in [5, 5.41) is 9.41. The summed E-state index contributed by atoms with van der Waals surface area (Å²) in [5.74, 6) is -2.07. The van der Waals surface area contributed by atoms with Crippen molar-refractivity contribution in [2.75, 3.05) is 6.54 Å². The van der Waals surface area contributed by atoms with Gasteiger partial charge in [0.15, 0.2) is 0 Å². The molecular weight excluding hydrogens is 220 g/mol. The monoisotopic (exact) mass is 231 g/mol. The Morgan fingerprint density at radius 2 is 1.85 bits per heavy atom. The molecule has 1 heterocycles. The first kappa shape index (κ1) is 11.3. The predicted octanol–water partition coefficient (Wildman–Crippen LogP) is 0.214. The molecule has 0 aliphatic carbocycles. The average Bonchev–Trinajstić information content (AvgIpc) is 1.98. The Hall–Kier alpha value is 0.260. The maximum absolute atomic E-state index is 10.7. The molecular formula is C4H11NO6P2. The second-order valence-electron chi connectivity index (χ2n) is 2.41. The van der Waals surface area contributed by atoms with Crippen molar-refractivity contribution in [1.82, 2.24) is 0 Å². The van der Waals surface area contributed by atoms with Gasteiger partial charge in [0, 0.05) is 6.42 Å². The molecule has 0 aromatic carbocycles. The normalized spacial score (nSPS) is 40.5. The van der Waals surface area contributed by atoms with Crippen molar-refractivity contribution in [3.8, 4) is 0 Å². The van der Waals surface area contributed by atoms with Crippen molar-refractivity contribution < 1.29 is 27.6 Å². The van der Waals surface area contributed by atoms with Gasteiger partial charge >= 0.3 is 16.5 Å². The first-order chi connectivity index (χ1) is 6.06. The zero-order chi connectivity index (χ0) is 9.90. The molecule has 0 aromatic heterocycles. The molecule has 0 radical (unpaired) electrons. The number of rotatable bonds is 3. The van der Waals surface area contributed by atoms with Crippen LogP contribution in [0.4, 0.5) is 0 Å². The van der Waals surface area contributed by atoms with E-state index >= 15 is 0 Å². The van der Waals surface area contributed by atoms with Gasteiger partial charge in [0.25, 0.3) is 5.97 Å². The Kier molecular flexibility index (Phi) is 4.06. The molecule has 0 bridgehead atoms. The van der Waals surface area contributed by atoms with Crippen LogP contribution in [0.2, 0.25) is 0 Å². The van der Waals surface area contributed by atoms with Crippen LogP contribution >= 0.6 is 16.5 Å². The third-order valence-electron chi connectivity index (χ3n) is 1.35. The molecule has 0 amide bonds. The highest BCUT2D eigenvalue weighted by molar-refractivity contribution is 7.48. The van der Waals surface area contributed by atoms with Crippen molar-refractivity contribution in [2.45, 2.75) is 18.8 Å². The second-order valence-corrected chi connectivity index (χ2v) is 4.64. The number of aliphatic hydroxyl groups is 1. The van der Waals surface area contributed by atoms with Crippen molar-refractivity contribution in [1.29, 1.82) is 0 Å². The summed E-state index contributed by atoms with van der Waals surface area (Å²) < 4.78 is 34.7. The lowest BCUT2D eigenvalue weighted by molar-refractivity contribution is -0.284. The van der Waals surface area contributed by atoms with E-state index in [1.165, 1.54) is 0 Å². The Morgan fingerprint density at radius 1 is 1.31 bits per heavy atom. The lowest BCUT2D eigenvalue weighted by Crippen LogP contribution is -2.33. The van der Waals surface area contributed by atoms with E-state index in [4.69, 9.17) is 5.73 Å². The van der Waals surface area contributed by atoms with E-state index in [-0.39, 0.29) is 6.42 Å². The standard InChI is InChI=1S/C4H11NO6P2/c5-3-1-2-4(6)9-12(7)11-13(8)10-4/h6,12-13H,1-3,5H2. The first-order valence-corrected chi connectivity index (χ1v) is 6.07. The minimum Gasteiger partial charge on any atom is -0.343 e. The fraction of sp³-hybridized carbons (Fsp3) is 1.00. The van der Waals surface area contributed by atoms with E-state index in [0.29, 0.717) is 13.0 Å². The van der Waals surface area contributed by atoms with Gasteiger partial charge in [-0.25, -0.2) is 4.31 Å². The molecule has 78 valence electrons. The number of hydrogen-bond donors (Lipinski definition) is 2. The summed E-state index contributed by atoms with van der Waals surface area (Å²) in [6.07, 6.45) is 0.417. The van der Waals surface area contributed by atoms with Gasteiger partial charge in [-0.15, -0.1) is 0 Å². The largest absolute Gasteiger partial charge is 0.343 e. The van der Waals surface area contributed by atoms with E-state index in [1.807, 2.05) is 0 Å². The minimum atomic E-state index is -2.91. The Morgan fingerprint density at radius 3 is 2.31 bits per heavy atom. The lowest BCUT2D eigenvalue weighted by Gasteiger charge is -2.29. The molecule has 13 heavy (non-hydrogen) atoms. The van der Waals surface area contributed by atoms with E-state index in [9.17, 15) is 14.2 Å². The predicted molar refractivity (Wildman–Crippen MR) is 44.5 cm³/mol. The van der Waals surface area contributed by atoms with Crippen LogP contribution in [0.1, 0.15) is 12.8 Å². The van der Waals surface area contributed by atoms with Crippen LogP contribution < -0.4 is 5.73 Å². The molecule has 1 aliphatic rings. The van der Waals surface area contributed by atoms with E-state index in [2.05, 4.69) is 13.4 Å². The minimum absolute atomic E-state index is 0.0136. The van der Waals surface area contributed by atoms with Gasteiger partial charge in [-0.1, -0.05) is 0 Å². The molecule has 0 saturated carbocycles. The molecule has 2 atom stereocenters. The molecule has 0 spiro atoms. The van der Waals surface area contributed by atoms with Gasteiger partial charge in [0.2, 0.25) is 0 Å². The topological polar surface area (TPSA) is 108 Å². The Labute approximate surface area is 76.1 Å². The molecule has 7 nitrogen and oxygen atoms in total. The van der Waals surface area contributed by atoms with Crippen molar-refractivity contribution in [3.05, 3.63) is 0 Å². The average molecular weight is 231 g/mol. The van der Waals surface area contributed by atoms with Crippen molar-refractivity contribution in [2.24, 2.45) is 5.73 Å². The van der Waals surface area contributed by atoms with Crippen LogP contribution in [0.15, 0.2) is 0 Å². The molecule has 1 aliphatic heterocycles. The Balaban J connectivity index is 2.55. The summed E-state index contributed by atoms with van der Waals surface area (Å²) in [6, 6.07) is 0. The number of nitrogens with two attached hydrogens (primary N) is 1. The van der Waals surface area contributed by atoms with Crippen LogP contribution in [0.3, 0.4) is 0 Å². The lowest BCUT2D eigenvalue weighted by atomic mass is 10.3. The maximum Gasteiger partial charge on any atom is 0.330 e. The number of hydrogen-bond acceptors (Lipinski definition) is 7.